The van der Waals surface area contributed by atoms with E-state index < -0.39 is 5.72 Å². The Labute approximate surface area is 153 Å². The van der Waals surface area contributed by atoms with Gasteiger partial charge in [-0.15, -0.1) is 0 Å². The maximum atomic E-state index is 12.7. The quantitative estimate of drug-likeness (QED) is 0.808. The van der Waals surface area contributed by atoms with E-state index in [0.29, 0.717) is 30.9 Å². The first kappa shape index (κ1) is 17.3. The molecule has 3 fully saturated rings. The van der Waals surface area contributed by atoms with Gasteiger partial charge in [0.15, 0.2) is 5.72 Å². The predicted octanol–water partition coefficient (Wildman–Crippen LogP) is 2.09. The lowest BCUT2D eigenvalue weighted by Crippen LogP contribution is -2.69. The second-order valence-corrected chi connectivity index (χ2v) is 8.08. The maximum Gasteiger partial charge on any atom is 0.258 e. The van der Waals surface area contributed by atoms with Gasteiger partial charge in [-0.1, -0.05) is 19.1 Å². The number of carbonyl (C=O) groups excluding carboxylic acids is 2. The molecular weight excluding hydrogens is 332 g/mol. The molecule has 6 heteroatoms. The normalized spacial score (nSPS) is 34.8. The van der Waals surface area contributed by atoms with Gasteiger partial charge in [0.1, 0.15) is 5.75 Å². The van der Waals surface area contributed by atoms with E-state index in [4.69, 9.17) is 9.47 Å². The van der Waals surface area contributed by atoms with E-state index in [1.54, 1.807) is 13.2 Å². The zero-order valence-corrected chi connectivity index (χ0v) is 15.3. The summed E-state index contributed by atoms with van der Waals surface area (Å²) in [6.45, 7) is 3.19. The van der Waals surface area contributed by atoms with Gasteiger partial charge in [0.05, 0.1) is 12.2 Å². The van der Waals surface area contributed by atoms with Crippen molar-refractivity contribution in [2.75, 3.05) is 20.3 Å². The molecule has 2 bridgehead atoms. The van der Waals surface area contributed by atoms with Gasteiger partial charge >= 0.3 is 0 Å². The molecule has 0 radical (unpaired) electrons. The summed E-state index contributed by atoms with van der Waals surface area (Å²) in [4.78, 5) is 25.4. The fraction of sp³-hybridized carbons (Fsp3) is 0.600. The molecule has 0 aromatic heterocycles. The first-order valence-electron chi connectivity index (χ1n) is 9.35. The van der Waals surface area contributed by atoms with E-state index in [0.717, 1.165) is 19.3 Å². The molecule has 26 heavy (non-hydrogen) atoms. The summed E-state index contributed by atoms with van der Waals surface area (Å²) in [5.41, 5.74) is -0.300. The van der Waals surface area contributed by atoms with Gasteiger partial charge in [-0.05, 0) is 36.8 Å². The smallest absolute Gasteiger partial charge is 0.258 e. The van der Waals surface area contributed by atoms with Crippen LogP contribution in [-0.2, 0) is 9.53 Å². The average Bonchev–Trinajstić information content (AvgIpc) is 2.61. The molecule has 4 aliphatic rings. The van der Waals surface area contributed by atoms with Crippen LogP contribution in [0.25, 0.3) is 0 Å². The standard InChI is InChI=1S/C20H26N2O4/c1-19-8-7-13(11-15(19)18(24)21-9-10-25-2)20(12-19)22-17(23)14-5-3-4-6-16(14)26-20/h3-6,13,15H,7-12H2,1-2H3,(H,21,24)(H,22,23)/t13-,15+,19+,20-/m0/s1. The van der Waals surface area contributed by atoms with Gasteiger partial charge in [0.25, 0.3) is 5.91 Å². The number of nitrogens with one attached hydrogen (secondary N) is 2. The van der Waals surface area contributed by atoms with Crippen molar-refractivity contribution in [1.29, 1.82) is 0 Å². The largest absolute Gasteiger partial charge is 0.467 e. The van der Waals surface area contributed by atoms with E-state index in [9.17, 15) is 9.59 Å². The zero-order chi connectivity index (χ0) is 18.4. The van der Waals surface area contributed by atoms with E-state index in [1.807, 2.05) is 18.2 Å². The molecule has 1 aromatic carbocycles. The summed E-state index contributed by atoms with van der Waals surface area (Å²) in [7, 11) is 1.63. The summed E-state index contributed by atoms with van der Waals surface area (Å²) in [5.74, 6) is 0.741. The molecule has 1 aliphatic heterocycles. The Hall–Kier alpha value is -2.08. The van der Waals surface area contributed by atoms with Crippen molar-refractivity contribution in [3.05, 3.63) is 29.8 Å². The highest BCUT2D eigenvalue weighted by atomic mass is 16.5. The Morgan fingerprint density at radius 2 is 2.23 bits per heavy atom. The number of rotatable bonds is 4. The van der Waals surface area contributed by atoms with Crippen molar-refractivity contribution >= 4 is 11.8 Å². The monoisotopic (exact) mass is 358 g/mol. The Bertz CT molecular complexity index is 736. The molecule has 2 amide bonds. The lowest BCUT2D eigenvalue weighted by molar-refractivity contribution is -0.167. The SMILES string of the molecule is COCCNC(=O)[C@H]1C[C@@H]2CC[C@]1(C)C[C@@]21NC(=O)c2ccccc2O1. The molecule has 0 unspecified atom stereocenters. The van der Waals surface area contributed by atoms with Gasteiger partial charge in [-0.25, -0.2) is 0 Å². The van der Waals surface area contributed by atoms with Crippen LogP contribution in [0, 0.1) is 17.3 Å². The van der Waals surface area contributed by atoms with Crippen LogP contribution >= 0.6 is 0 Å². The lowest BCUT2D eigenvalue weighted by atomic mass is 9.52. The second-order valence-electron chi connectivity index (χ2n) is 8.08. The number of carbonyl (C=O) groups is 2. The Morgan fingerprint density at radius 3 is 3.00 bits per heavy atom. The summed E-state index contributed by atoms with van der Waals surface area (Å²) in [6, 6.07) is 7.37. The molecule has 5 rings (SSSR count). The third-order valence-electron chi connectivity index (χ3n) is 6.42. The van der Waals surface area contributed by atoms with Gasteiger partial charge in [-0.3, -0.25) is 9.59 Å². The topological polar surface area (TPSA) is 76.7 Å². The van der Waals surface area contributed by atoms with E-state index in [2.05, 4.69) is 17.6 Å². The number of methoxy groups -OCH3 is 1. The van der Waals surface area contributed by atoms with E-state index in [1.165, 1.54) is 0 Å². The van der Waals surface area contributed by atoms with E-state index >= 15 is 0 Å². The van der Waals surface area contributed by atoms with Crippen LogP contribution in [0.4, 0.5) is 0 Å². The fourth-order valence-corrected chi connectivity index (χ4v) is 5.06. The lowest BCUT2D eigenvalue weighted by Gasteiger charge is -2.59. The van der Waals surface area contributed by atoms with Crippen LogP contribution in [0.3, 0.4) is 0 Å². The summed E-state index contributed by atoms with van der Waals surface area (Å²) >= 11 is 0. The predicted molar refractivity (Wildman–Crippen MR) is 95.7 cm³/mol. The number of hydrogen-bond acceptors (Lipinski definition) is 4. The molecule has 6 nitrogen and oxygen atoms in total. The van der Waals surface area contributed by atoms with Crippen LogP contribution in [0.15, 0.2) is 24.3 Å². The second kappa shape index (κ2) is 6.27. The third kappa shape index (κ3) is 2.67. The minimum absolute atomic E-state index is 0.0543. The summed E-state index contributed by atoms with van der Waals surface area (Å²) in [5, 5.41) is 6.13. The number of hydrogen-bond donors (Lipinski definition) is 2. The molecule has 2 N–H and O–H groups in total. The number of para-hydroxylation sites is 1. The molecular formula is C20H26N2O4. The number of fused-ring (bicyclic) bond motifs is 3. The van der Waals surface area contributed by atoms with E-state index in [-0.39, 0.29) is 29.1 Å². The van der Waals surface area contributed by atoms with Gasteiger partial charge in [-0.2, -0.15) is 0 Å². The van der Waals surface area contributed by atoms with Gasteiger partial charge in [0, 0.05) is 31.9 Å². The molecule has 1 spiro atoms. The Balaban J connectivity index is 1.57. The van der Waals surface area contributed by atoms with Crippen LogP contribution in [0.1, 0.15) is 43.0 Å². The maximum absolute atomic E-state index is 12.7. The number of benzene rings is 1. The van der Waals surface area contributed by atoms with Crippen LogP contribution in [0.5, 0.6) is 5.75 Å². The van der Waals surface area contributed by atoms with Gasteiger partial charge < -0.3 is 20.1 Å². The van der Waals surface area contributed by atoms with Crippen LogP contribution < -0.4 is 15.4 Å². The first-order chi connectivity index (χ1) is 12.5. The summed E-state index contributed by atoms with van der Waals surface area (Å²) in [6.07, 6.45) is 3.33. The first-order valence-corrected chi connectivity index (χ1v) is 9.35. The molecule has 3 aliphatic carbocycles. The number of amides is 2. The fourth-order valence-electron chi connectivity index (χ4n) is 5.06. The molecule has 4 atom stereocenters. The molecule has 0 saturated heterocycles. The molecule has 3 saturated carbocycles. The molecule has 1 aromatic rings. The third-order valence-corrected chi connectivity index (χ3v) is 6.42. The highest BCUT2D eigenvalue weighted by Gasteiger charge is 2.61. The highest BCUT2D eigenvalue weighted by molar-refractivity contribution is 5.98. The van der Waals surface area contributed by atoms with Crippen molar-refractivity contribution < 1.29 is 19.1 Å². The van der Waals surface area contributed by atoms with Crippen LogP contribution in [0.2, 0.25) is 0 Å². The van der Waals surface area contributed by atoms with Crippen molar-refractivity contribution in [2.45, 2.75) is 38.3 Å². The zero-order valence-electron chi connectivity index (χ0n) is 15.3. The molecule has 1 heterocycles. The average molecular weight is 358 g/mol. The minimum atomic E-state index is -0.693. The minimum Gasteiger partial charge on any atom is -0.467 e. The van der Waals surface area contributed by atoms with Crippen molar-refractivity contribution in [2.24, 2.45) is 17.3 Å². The van der Waals surface area contributed by atoms with Crippen molar-refractivity contribution in [1.82, 2.24) is 10.6 Å². The Kier molecular flexibility index (Phi) is 4.18. The highest BCUT2D eigenvalue weighted by Crippen LogP contribution is 2.58. The van der Waals surface area contributed by atoms with Crippen LogP contribution in [-0.4, -0.2) is 37.8 Å². The summed E-state index contributed by atoms with van der Waals surface area (Å²) < 4.78 is 11.4. The Morgan fingerprint density at radius 1 is 1.42 bits per heavy atom. The molecule has 140 valence electrons. The van der Waals surface area contributed by atoms with Crippen molar-refractivity contribution in [3.63, 3.8) is 0 Å². The van der Waals surface area contributed by atoms with Gasteiger partial charge in [0.2, 0.25) is 5.91 Å². The van der Waals surface area contributed by atoms with Crippen molar-refractivity contribution in [3.8, 4) is 5.75 Å². The number of ether oxygens (including phenoxy) is 2.